The molecule has 3 rings (SSSR count). The van der Waals surface area contributed by atoms with Gasteiger partial charge in [0, 0.05) is 17.0 Å². The van der Waals surface area contributed by atoms with Crippen molar-refractivity contribution in [3.8, 4) is 0 Å². The summed E-state index contributed by atoms with van der Waals surface area (Å²) in [4.78, 5) is 7.90. The average Bonchev–Trinajstić information content (AvgIpc) is 2.80. The van der Waals surface area contributed by atoms with Crippen molar-refractivity contribution < 1.29 is 0 Å². The van der Waals surface area contributed by atoms with Crippen LogP contribution < -0.4 is 11.1 Å². The fraction of sp³-hybridized carbons (Fsp3) is 0.500. The highest BCUT2D eigenvalue weighted by Crippen LogP contribution is 2.29. The second kappa shape index (κ2) is 5.33. The van der Waals surface area contributed by atoms with Gasteiger partial charge >= 0.3 is 0 Å². The summed E-state index contributed by atoms with van der Waals surface area (Å²) in [6, 6.07) is 6.29. The molecule has 5 heteroatoms. The van der Waals surface area contributed by atoms with Crippen LogP contribution in [0.15, 0.2) is 18.2 Å². The Kier molecular flexibility index (Phi) is 3.55. The van der Waals surface area contributed by atoms with Gasteiger partial charge in [-0.25, -0.2) is 4.98 Å². The van der Waals surface area contributed by atoms with Gasteiger partial charge in [-0.1, -0.05) is 12.8 Å². The van der Waals surface area contributed by atoms with Crippen LogP contribution in [0.2, 0.25) is 0 Å². The lowest BCUT2D eigenvalue weighted by Gasteiger charge is -2.30. The first kappa shape index (κ1) is 12.7. The number of H-pyrrole nitrogens is 1. The molecule has 4 N–H and O–H groups in total. The monoisotopic (exact) mass is 276 g/mol. The van der Waals surface area contributed by atoms with E-state index in [2.05, 4.69) is 21.5 Å². The molecule has 1 fully saturated rings. The highest BCUT2D eigenvalue weighted by Gasteiger charge is 2.24. The molecule has 2 atom stereocenters. The van der Waals surface area contributed by atoms with E-state index in [1.165, 1.54) is 25.7 Å². The van der Waals surface area contributed by atoms with Gasteiger partial charge in [0.15, 0.2) is 0 Å². The van der Waals surface area contributed by atoms with E-state index in [-0.39, 0.29) is 0 Å². The minimum atomic E-state index is 0.515. The summed E-state index contributed by atoms with van der Waals surface area (Å²) in [5.74, 6) is 0.867. The third-order valence-electron chi connectivity index (χ3n) is 3.83. The van der Waals surface area contributed by atoms with Crippen molar-refractivity contribution in [2.24, 2.45) is 0 Å². The number of rotatable bonds is 3. The topological polar surface area (TPSA) is 66.7 Å². The number of thioether (sulfide) groups is 1. The van der Waals surface area contributed by atoms with Gasteiger partial charge in [0.1, 0.15) is 0 Å². The van der Waals surface area contributed by atoms with E-state index in [9.17, 15) is 0 Å². The van der Waals surface area contributed by atoms with E-state index in [1.54, 1.807) is 0 Å². The number of aromatic nitrogens is 2. The van der Waals surface area contributed by atoms with Crippen molar-refractivity contribution >= 4 is 34.4 Å². The summed E-state index contributed by atoms with van der Waals surface area (Å²) < 4.78 is 0. The van der Waals surface area contributed by atoms with Crippen molar-refractivity contribution in [3.63, 3.8) is 0 Å². The second-order valence-corrected chi connectivity index (χ2v) is 6.25. The second-order valence-electron chi connectivity index (χ2n) is 5.17. The maximum absolute atomic E-state index is 5.79. The maximum atomic E-state index is 5.79. The van der Waals surface area contributed by atoms with Gasteiger partial charge in [-0.2, -0.15) is 11.8 Å². The molecule has 0 aliphatic heterocycles. The molecule has 0 saturated heterocycles. The normalized spacial score (nSPS) is 23.6. The average molecular weight is 276 g/mol. The molecule has 2 unspecified atom stereocenters. The Morgan fingerprint density at radius 3 is 3.05 bits per heavy atom. The number of benzene rings is 1. The molecule has 1 aliphatic rings. The number of aromatic amines is 1. The standard InChI is InChI=1S/C14H20N4S/c1-19-13-5-3-2-4-11(13)17-14-16-10-7-6-9(15)8-12(10)18-14/h6-8,11,13H,2-5,15H2,1H3,(H2,16,17,18). The summed E-state index contributed by atoms with van der Waals surface area (Å²) in [7, 11) is 0. The molecule has 1 aromatic heterocycles. The van der Waals surface area contributed by atoms with Crippen LogP contribution in [0.1, 0.15) is 25.7 Å². The lowest BCUT2D eigenvalue weighted by Crippen LogP contribution is -2.34. The summed E-state index contributed by atoms with van der Waals surface area (Å²) in [6.07, 6.45) is 7.38. The van der Waals surface area contributed by atoms with E-state index in [0.29, 0.717) is 11.3 Å². The zero-order valence-electron chi connectivity index (χ0n) is 11.1. The smallest absolute Gasteiger partial charge is 0.201 e. The van der Waals surface area contributed by atoms with E-state index in [0.717, 1.165) is 22.7 Å². The van der Waals surface area contributed by atoms with E-state index in [1.807, 2.05) is 30.0 Å². The highest BCUT2D eigenvalue weighted by atomic mass is 32.2. The molecule has 1 aliphatic carbocycles. The van der Waals surface area contributed by atoms with Gasteiger partial charge in [0.25, 0.3) is 0 Å². The number of hydrogen-bond donors (Lipinski definition) is 3. The van der Waals surface area contributed by atoms with Gasteiger partial charge in [0.05, 0.1) is 11.0 Å². The molecule has 1 saturated carbocycles. The maximum Gasteiger partial charge on any atom is 0.201 e. The predicted octanol–water partition coefficient (Wildman–Crippen LogP) is 3.23. The molecule has 4 nitrogen and oxygen atoms in total. The molecular weight excluding hydrogens is 256 g/mol. The van der Waals surface area contributed by atoms with Crippen LogP contribution in [0.5, 0.6) is 0 Å². The molecule has 2 aromatic rings. The van der Waals surface area contributed by atoms with Crippen LogP contribution in [0.25, 0.3) is 11.0 Å². The Labute approximate surface area is 117 Å². The van der Waals surface area contributed by atoms with Crippen LogP contribution in [-0.4, -0.2) is 27.5 Å². The largest absolute Gasteiger partial charge is 0.399 e. The van der Waals surface area contributed by atoms with Gasteiger partial charge < -0.3 is 16.0 Å². The Bertz CT molecular complexity index is 566. The summed E-state index contributed by atoms with van der Waals surface area (Å²) in [5.41, 5.74) is 8.52. The van der Waals surface area contributed by atoms with E-state index >= 15 is 0 Å². The van der Waals surface area contributed by atoms with Gasteiger partial charge in [0.2, 0.25) is 5.95 Å². The third-order valence-corrected chi connectivity index (χ3v) is 5.00. The minimum absolute atomic E-state index is 0.515. The first-order chi connectivity index (χ1) is 9.26. The van der Waals surface area contributed by atoms with E-state index in [4.69, 9.17) is 5.73 Å². The van der Waals surface area contributed by atoms with Crippen LogP contribution in [0, 0.1) is 0 Å². The zero-order valence-corrected chi connectivity index (χ0v) is 12.0. The number of nitrogens with one attached hydrogen (secondary N) is 2. The number of imidazole rings is 1. The molecule has 1 aromatic carbocycles. The Balaban J connectivity index is 1.80. The van der Waals surface area contributed by atoms with Crippen molar-refractivity contribution in [1.82, 2.24) is 9.97 Å². The zero-order chi connectivity index (χ0) is 13.2. The molecule has 0 spiro atoms. The van der Waals surface area contributed by atoms with Crippen LogP contribution >= 0.6 is 11.8 Å². The number of fused-ring (bicyclic) bond motifs is 1. The lowest BCUT2D eigenvalue weighted by molar-refractivity contribution is 0.473. The Morgan fingerprint density at radius 1 is 1.37 bits per heavy atom. The SMILES string of the molecule is CSC1CCCCC1Nc1nc2ccc(N)cc2[nH]1. The van der Waals surface area contributed by atoms with Crippen molar-refractivity contribution in [1.29, 1.82) is 0 Å². The number of nitrogen functional groups attached to an aromatic ring is 1. The predicted molar refractivity (Wildman–Crippen MR) is 83.7 cm³/mol. The fourth-order valence-electron chi connectivity index (χ4n) is 2.82. The molecule has 0 bridgehead atoms. The van der Waals surface area contributed by atoms with Gasteiger partial charge in [-0.3, -0.25) is 0 Å². The number of anilines is 2. The van der Waals surface area contributed by atoms with Crippen LogP contribution in [0.4, 0.5) is 11.6 Å². The van der Waals surface area contributed by atoms with Crippen molar-refractivity contribution in [2.75, 3.05) is 17.3 Å². The number of hydrogen-bond acceptors (Lipinski definition) is 4. The Morgan fingerprint density at radius 2 is 2.21 bits per heavy atom. The molecular formula is C14H20N4S. The summed E-state index contributed by atoms with van der Waals surface area (Å²) >= 11 is 1.96. The summed E-state index contributed by atoms with van der Waals surface area (Å²) in [6.45, 7) is 0. The molecule has 1 heterocycles. The van der Waals surface area contributed by atoms with Crippen LogP contribution in [-0.2, 0) is 0 Å². The first-order valence-electron chi connectivity index (χ1n) is 6.81. The van der Waals surface area contributed by atoms with E-state index < -0.39 is 0 Å². The number of nitrogens with two attached hydrogens (primary N) is 1. The minimum Gasteiger partial charge on any atom is -0.399 e. The van der Waals surface area contributed by atoms with Crippen LogP contribution in [0.3, 0.4) is 0 Å². The quantitative estimate of drug-likeness (QED) is 0.753. The first-order valence-corrected chi connectivity index (χ1v) is 8.09. The van der Waals surface area contributed by atoms with Gasteiger partial charge in [-0.15, -0.1) is 0 Å². The molecule has 0 amide bonds. The fourth-order valence-corrected chi connectivity index (χ4v) is 3.75. The highest BCUT2D eigenvalue weighted by molar-refractivity contribution is 7.99. The summed E-state index contributed by atoms with van der Waals surface area (Å²) in [5, 5.41) is 4.25. The lowest BCUT2D eigenvalue weighted by atomic mass is 9.95. The molecule has 102 valence electrons. The molecule has 19 heavy (non-hydrogen) atoms. The molecule has 0 radical (unpaired) electrons. The van der Waals surface area contributed by atoms with Crippen molar-refractivity contribution in [3.05, 3.63) is 18.2 Å². The number of nitrogens with zero attached hydrogens (tertiary/aromatic N) is 1. The Hall–Kier alpha value is -1.36. The van der Waals surface area contributed by atoms with Crippen molar-refractivity contribution in [2.45, 2.75) is 37.0 Å². The third kappa shape index (κ3) is 2.66. The van der Waals surface area contributed by atoms with Gasteiger partial charge in [-0.05, 0) is 37.3 Å².